The Kier molecular flexibility index (Phi) is 3.76. The summed E-state index contributed by atoms with van der Waals surface area (Å²) in [5, 5.41) is 3.39. The molecule has 0 unspecified atom stereocenters. The fourth-order valence-electron chi connectivity index (χ4n) is 1.97. The molecule has 2 aromatic heterocycles. The Hall–Kier alpha value is -1.78. The zero-order valence-corrected chi connectivity index (χ0v) is 12.4. The third-order valence-corrected chi connectivity index (χ3v) is 3.85. The molecule has 3 aromatic rings. The van der Waals surface area contributed by atoms with Crippen LogP contribution in [0.5, 0.6) is 0 Å². The van der Waals surface area contributed by atoms with Gasteiger partial charge < -0.3 is 0 Å². The van der Waals surface area contributed by atoms with E-state index in [-0.39, 0.29) is 0 Å². The van der Waals surface area contributed by atoms with E-state index in [9.17, 15) is 0 Å². The van der Waals surface area contributed by atoms with Gasteiger partial charge in [0.2, 0.25) is 5.28 Å². The Morgan fingerprint density at radius 2 is 1.90 bits per heavy atom. The third-order valence-electron chi connectivity index (χ3n) is 2.83. The second kappa shape index (κ2) is 5.69. The van der Waals surface area contributed by atoms with Crippen LogP contribution >= 0.6 is 22.9 Å². The second-order valence-electron chi connectivity index (χ2n) is 4.44. The molecule has 3 rings (SSSR count). The van der Waals surface area contributed by atoms with Crippen LogP contribution in [0.2, 0.25) is 5.28 Å². The Labute approximate surface area is 126 Å². The fourth-order valence-corrected chi connectivity index (χ4v) is 3.03. The van der Waals surface area contributed by atoms with E-state index in [1.54, 1.807) is 11.3 Å². The average molecular weight is 302 g/mol. The van der Waals surface area contributed by atoms with Gasteiger partial charge in [-0.15, -0.1) is 11.3 Å². The van der Waals surface area contributed by atoms with Crippen LogP contribution in [0.3, 0.4) is 0 Å². The van der Waals surface area contributed by atoms with Crippen LogP contribution in [0, 0.1) is 6.92 Å². The largest absolute Gasteiger partial charge is 0.241 e. The predicted octanol–water partition coefficient (Wildman–Crippen LogP) is 4.15. The molecule has 0 spiro atoms. The topological polar surface area (TPSA) is 38.7 Å². The lowest BCUT2D eigenvalue weighted by molar-refractivity contribution is 0.990. The second-order valence-corrected chi connectivity index (χ2v) is 5.72. The van der Waals surface area contributed by atoms with Crippen LogP contribution in [0.25, 0.3) is 11.3 Å². The van der Waals surface area contributed by atoms with Gasteiger partial charge in [-0.2, -0.15) is 0 Å². The molecular formula is C15H12ClN3S. The van der Waals surface area contributed by atoms with E-state index in [0.717, 1.165) is 27.7 Å². The maximum Gasteiger partial charge on any atom is 0.222 e. The molecule has 3 nitrogen and oxygen atoms in total. The van der Waals surface area contributed by atoms with E-state index in [2.05, 4.69) is 32.5 Å². The molecule has 0 N–H and O–H groups in total. The molecule has 20 heavy (non-hydrogen) atoms. The first-order valence-corrected chi connectivity index (χ1v) is 7.46. The monoisotopic (exact) mass is 301 g/mol. The van der Waals surface area contributed by atoms with Gasteiger partial charge in [-0.25, -0.2) is 15.0 Å². The van der Waals surface area contributed by atoms with Gasteiger partial charge in [-0.3, -0.25) is 0 Å². The summed E-state index contributed by atoms with van der Waals surface area (Å²) in [5.74, 6) is 0. The molecule has 0 aliphatic carbocycles. The molecule has 0 aliphatic heterocycles. The molecular weight excluding hydrogens is 290 g/mol. The number of aromatic nitrogens is 3. The van der Waals surface area contributed by atoms with Crippen LogP contribution in [0.1, 0.15) is 16.4 Å². The molecule has 2 heterocycles. The summed E-state index contributed by atoms with van der Waals surface area (Å²) in [6, 6.07) is 12.1. The van der Waals surface area contributed by atoms with Crippen LogP contribution < -0.4 is 0 Å². The average Bonchev–Trinajstić information content (AvgIpc) is 2.87. The molecule has 0 saturated carbocycles. The zero-order valence-electron chi connectivity index (χ0n) is 10.9. The van der Waals surface area contributed by atoms with Crippen molar-refractivity contribution < 1.29 is 0 Å². The highest BCUT2D eigenvalue weighted by molar-refractivity contribution is 7.10. The van der Waals surface area contributed by atoms with Crippen molar-refractivity contribution in [2.24, 2.45) is 0 Å². The number of rotatable bonds is 3. The molecule has 0 amide bonds. The summed E-state index contributed by atoms with van der Waals surface area (Å²) in [7, 11) is 0. The lowest BCUT2D eigenvalue weighted by atomic mass is 10.2. The van der Waals surface area contributed by atoms with Gasteiger partial charge >= 0.3 is 0 Å². The number of nitrogens with zero attached hydrogens (tertiary/aromatic N) is 3. The van der Waals surface area contributed by atoms with Crippen LogP contribution in [0.4, 0.5) is 0 Å². The van der Waals surface area contributed by atoms with Gasteiger partial charge in [0.15, 0.2) is 0 Å². The van der Waals surface area contributed by atoms with Crippen molar-refractivity contribution in [3.63, 3.8) is 0 Å². The highest BCUT2D eigenvalue weighted by Crippen LogP contribution is 2.23. The number of aryl methyl sites for hydroxylation is 1. The van der Waals surface area contributed by atoms with Gasteiger partial charge in [0.1, 0.15) is 0 Å². The van der Waals surface area contributed by atoms with Gasteiger partial charge in [-0.05, 0) is 24.6 Å². The Morgan fingerprint density at radius 3 is 2.65 bits per heavy atom. The Balaban J connectivity index is 1.84. The third kappa shape index (κ3) is 3.03. The van der Waals surface area contributed by atoms with Gasteiger partial charge in [0.25, 0.3) is 0 Å². The van der Waals surface area contributed by atoms with Crippen molar-refractivity contribution in [1.29, 1.82) is 0 Å². The van der Waals surface area contributed by atoms with E-state index < -0.39 is 0 Å². The summed E-state index contributed by atoms with van der Waals surface area (Å²) in [6.45, 7) is 1.91. The van der Waals surface area contributed by atoms with E-state index in [1.807, 2.05) is 31.2 Å². The maximum absolute atomic E-state index is 5.88. The molecule has 5 heteroatoms. The lowest BCUT2D eigenvalue weighted by Gasteiger charge is -2.00. The fraction of sp³-hybridized carbons (Fsp3) is 0.133. The number of hydrogen-bond acceptors (Lipinski definition) is 4. The van der Waals surface area contributed by atoms with Crippen LogP contribution in [0.15, 0.2) is 41.8 Å². The van der Waals surface area contributed by atoms with Crippen molar-refractivity contribution in [2.75, 3.05) is 0 Å². The molecule has 0 atom stereocenters. The van der Waals surface area contributed by atoms with Crippen molar-refractivity contribution in [3.8, 4) is 11.3 Å². The van der Waals surface area contributed by atoms with Gasteiger partial charge in [0.05, 0.1) is 16.4 Å². The number of benzene rings is 1. The molecule has 100 valence electrons. The maximum atomic E-state index is 5.88. The highest BCUT2D eigenvalue weighted by Gasteiger charge is 2.07. The first kappa shape index (κ1) is 13.2. The van der Waals surface area contributed by atoms with Crippen molar-refractivity contribution >= 4 is 22.9 Å². The number of thiazole rings is 1. The summed E-state index contributed by atoms with van der Waals surface area (Å²) in [4.78, 5) is 12.9. The van der Waals surface area contributed by atoms with E-state index >= 15 is 0 Å². The van der Waals surface area contributed by atoms with E-state index in [1.165, 1.54) is 0 Å². The van der Waals surface area contributed by atoms with Crippen LogP contribution in [-0.4, -0.2) is 15.0 Å². The normalized spacial score (nSPS) is 10.7. The number of hydrogen-bond donors (Lipinski definition) is 0. The molecule has 0 radical (unpaired) electrons. The Morgan fingerprint density at radius 1 is 1.10 bits per heavy atom. The van der Waals surface area contributed by atoms with Crippen molar-refractivity contribution in [1.82, 2.24) is 15.0 Å². The Bertz CT molecular complexity index is 705. The first-order chi connectivity index (χ1) is 9.70. The van der Waals surface area contributed by atoms with E-state index in [0.29, 0.717) is 11.7 Å². The molecule has 0 aliphatic rings. The van der Waals surface area contributed by atoms with Crippen molar-refractivity contribution in [2.45, 2.75) is 13.3 Å². The standard InChI is InChI=1S/C15H12ClN3S/c1-10-7-12(18-15(16)17-10)8-14-19-13(9-20-14)11-5-3-2-4-6-11/h2-7,9H,8H2,1H3. The smallest absolute Gasteiger partial charge is 0.222 e. The number of halogens is 1. The predicted molar refractivity (Wildman–Crippen MR) is 82.1 cm³/mol. The molecule has 0 fully saturated rings. The SMILES string of the molecule is Cc1cc(Cc2nc(-c3ccccc3)cs2)nc(Cl)n1. The zero-order chi connectivity index (χ0) is 13.9. The summed E-state index contributed by atoms with van der Waals surface area (Å²) < 4.78 is 0. The lowest BCUT2D eigenvalue weighted by Crippen LogP contribution is -1.96. The van der Waals surface area contributed by atoms with E-state index in [4.69, 9.17) is 11.6 Å². The summed E-state index contributed by atoms with van der Waals surface area (Å²) in [6.07, 6.45) is 0.681. The molecule has 0 saturated heterocycles. The van der Waals surface area contributed by atoms with Crippen LogP contribution in [-0.2, 0) is 6.42 Å². The summed E-state index contributed by atoms with van der Waals surface area (Å²) in [5.41, 5.74) is 3.91. The van der Waals surface area contributed by atoms with Gasteiger partial charge in [0, 0.05) is 23.1 Å². The van der Waals surface area contributed by atoms with Crippen molar-refractivity contribution in [3.05, 3.63) is 63.5 Å². The minimum atomic E-state index is 0.292. The quantitative estimate of drug-likeness (QED) is 0.682. The molecule has 0 bridgehead atoms. The van der Waals surface area contributed by atoms with Gasteiger partial charge in [-0.1, -0.05) is 30.3 Å². The minimum absolute atomic E-state index is 0.292. The highest BCUT2D eigenvalue weighted by atomic mass is 35.5. The first-order valence-electron chi connectivity index (χ1n) is 6.20. The summed E-state index contributed by atoms with van der Waals surface area (Å²) >= 11 is 7.51. The minimum Gasteiger partial charge on any atom is -0.241 e. The molecule has 1 aromatic carbocycles.